The summed E-state index contributed by atoms with van der Waals surface area (Å²) in [4.78, 5) is 3.76. The molecule has 0 aromatic carbocycles. The summed E-state index contributed by atoms with van der Waals surface area (Å²) >= 11 is -1.26. The van der Waals surface area contributed by atoms with Crippen LogP contribution < -0.4 is 0 Å². The predicted octanol–water partition coefficient (Wildman–Crippen LogP) is 0.660. The van der Waals surface area contributed by atoms with Crippen LogP contribution in [-0.2, 0) is 0 Å². The molecule has 1 nitrogen and oxygen atoms in total. The maximum absolute atomic E-state index is 8.21. The molecule has 0 fully saturated rings. The van der Waals surface area contributed by atoms with E-state index in [9.17, 15) is 0 Å². The number of halogens is 1. The van der Waals surface area contributed by atoms with Gasteiger partial charge in [0.2, 0.25) is 0 Å². The molecule has 0 heterocycles. The average molecular weight is 174 g/mol. The number of hydrogen-bond acceptors (Lipinski definition) is 1. The Hall–Kier alpha value is 0.690. The zero-order valence-electron chi connectivity index (χ0n) is 2.83. The Morgan fingerprint density at radius 1 is 1.50 bits per heavy atom. The third-order valence-electron chi connectivity index (χ3n) is 0. The zero-order valence-corrected chi connectivity index (χ0v) is 4.98. The molecule has 0 saturated carbocycles. The van der Waals surface area contributed by atoms with Crippen molar-refractivity contribution in [2.45, 2.75) is 0 Å². The summed E-state index contributed by atoms with van der Waals surface area (Å²) in [5.41, 5.74) is 0. The van der Waals surface area contributed by atoms with Gasteiger partial charge in [-0.25, -0.2) is 0 Å². The summed E-state index contributed by atoms with van der Waals surface area (Å²) in [5, 5.41) is 0. The molecular formula is C2H7IO. The van der Waals surface area contributed by atoms with Gasteiger partial charge >= 0.3 is 33.5 Å². The van der Waals surface area contributed by atoms with E-state index in [0.717, 1.165) is 0 Å². The molecule has 0 spiro atoms. The Balaban J connectivity index is 2.32. The van der Waals surface area contributed by atoms with E-state index in [0.29, 0.717) is 0 Å². The van der Waals surface area contributed by atoms with Crippen LogP contribution in [-0.4, -0.2) is 13.3 Å². The van der Waals surface area contributed by atoms with Crippen LogP contribution in [0.5, 0.6) is 0 Å². The van der Waals surface area contributed by atoms with Crippen molar-refractivity contribution in [1.29, 1.82) is 0 Å². The SMILES string of the molecule is CI(C)O. The summed E-state index contributed by atoms with van der Waals surface area (Å²) in [6.07, 6.45) is 0. The van der Waals surface area contributed by atoms with Crippen LogP contribution >= 0.6 is 20.2 Å². The molecule has 0 aromatic rings. The first-order valence-corrected chi connectivity index (χ1v) is 6.20. The van der Waals surface area contributed by atoms with Crippen molar-refractivity contribution >= 4 is 20.2 Å². The second kappa shape index (κ2) is 1.96. The van der Waals surface area contributed by atoms with Crippen LogP contribution in [0, 0.1) is 0 Å². The van der Waals surface area contributed by atoms with Gasteiger partial charge in [0.05, 0.1) is 0 Å². The van der Waals surface area contributed by atoms with Crippen molar-refractivity contribution in [3.63, 3.8) is 0 Å². The van der Waals surface area contributed by atoms with Crippen molar-refractivity contribution in [2.75, 3.05) is 9.86 Å². The van der Waals surface area contributed by atoms with Gasteiger partial charge in [0.15, 0.2) is 0 Å². The van der Waals surface area contributed by atoms with Crippen LogP contribution in [0.25, 0.3) is 0 Å². The van der Waals surface area contributed by atoms with Gasteiger partial charge in [0.1, 0.15) is 0 Å². The third-order valence-corrected chi connectivity index (χ3v) is 0. The van der Waals surface area contributed by atoms with Crippen molar-refractivity contribution in [1.82, 2.24) is 0 Å². The van der Waals surface area contributed by atoms with Gasteiger partial charge in [-0.2, -0.15) is 0 Å². The van der Waals surface area contributed by atoms with E-state index >= 15 is 0 Å². The summed E-state index contributed by atoms with van der Waals surface area (Å²) in [6, 6.07) is 0. The molecule has 28 valence electrons. The first-order valence-electron chi connectivity index (χ1n) is 0.925. The Labute approximate surface area is 34.0 Å². The van der Waals surface area contributed by atoms with Crippen LogP contribution in [0.2, 0.25) is 0 Å². The second-order valence-corrected chi connectivity index (χ2v) is 4.80. The third kappa shape index (κ3) is 16.1. The van der Waals surface area contributed by atoms with E-state index in [1.54, 1.807) is 0 Å². The fraction of sp³-hybridized carbons (Fsp3) is 1.00. The molecule has 1 N–H and O–H groups in total. The summed E-state index contributed by atoms with van der Waals surface area (Å²) < 4.78 is 8.21. The van der Waals surface area contributed by atoms with E-state index in [1.165, 1.54) is 0 Å². The maximum atomic E-state index is 8.21. The van der Waals surface area contributed by atoms with Gasteiger partial charge < -0.3 is 0 Å². The molecule has 0 bridgehead atoms. The Bertz CT molecular complexity index is 10.8. The van der Waals surface area contributed by atoms with Gasteiger partial charge in [-0.05, 0) is 0 Å². The van der Waals surface area contributed by atoms with Crippen molar-refractivity contribution in [2.24, 2.45) is 0 Å². The molecule has 2 heteroatoms. The van der Waals surface area contributed by atoms with Gasteiger partial charge in [-0.3, -0.25) is 0 Å². The zero-order chi connectivity index (χ0) is 3.58. The Morgan fingerprint density at radius 2 is 1.50 bits per heavy atom. The van der Waals surface area contributed by atoms with Crippen molar-refractivity contribution in [3.8, 4) is 0 Å². The van der Waals surface area contributed by atoms with Crippen LogP contribution in [0.3, 0.4) is 0 Å². The van der Waals surface area contributed by atoms with E-state index in [2.05, 4.69) is 0 Å². The minimum atomic E-state index is -1.26. The number of alkyl halides is 2. The molecule has 0 aliphatic rings. The average Bonchev–Trinajstić information content (AvgIpc) is 0.811. The molecule has 0 unspecified atom stereocenters. The van der Waals surface area contributed by atoms with Crippen LogP contribution in [0.1, 0.15) is 0 Å². The molecule has 0 amide bonds. The van der Waals surface area contributed by atoms with Crippen LogP contribution in [0.4, 0.5) is 0 Å². The summed E-state index contributed by atoms with van der Waals surface area (Å²) in [7, 11) is 0. The monoisotopic (exact) mass is 174 g/mol. The fourth-order valence-corrected chi connectivity index (χ4v) is 0. The van der Waals surface area contributed by atoms with Gasteiger partial charge in [0, 0.05) is 0 Å². The molecule has 0 atom stereocenters. The number of hydrogen-bond donors (Lipinski definition) is 1. The Kier molecular flexibility index (Phi) is 2.30. The molecule has 0 rings (SSSR count). The second-order valence-electron chi connectivity index (χ2n) is 0.716. The minimum absolute atomic E-state index is 1.26. The van der Waals surface area contributed by atoms with E-state index in [-0.39, 0.29) is 0 Å². The first kappa shape index (κ1) is 4.69. The standard InChI is InChI=1S/C2H7IO/c1-3(2)4/h4H,1-2H3. The topological polar surface area (TPSA) is 20.2 Å². The normalized spacial score (nSPS) is 11.2. The molecule has 0 aliphatic heterocycles. The molecule has 0 aliphatic carbocycles. The Morgan fingerprint density at radius 3 is 1.50 bits per heavy atom. The molecule has 4 heavy (non-hydrogen) atoms. The molecule has 0 aromatic heterocycles. The van der Waals surface area contributed by atoms with E-state index in [4.69, 9.17) is 3.44 Å². The van der Waals surface area contributed by atoms with Crippen molar-refractivity contribution < 1.29 is 3.44 Å². The summed E-state index contributed by atoms with van der Waals surface area (Å²) in [6.45, 7) is 0. The fourth-order valence-electron chi connectivity index (χ4n) is 0. The molecule has 0 saturated heterocycles. The van der Waals surface area contributed by atoms with Gasteiger partial charge in [0.25, 0.3) is 0 Å². The number of rotatable bonds is 0. The quantitative estimate of drug-likeness (QED) is 0.422. The van der Waals surface area contributed by atoms with Gasteiger partial charge in [-0.1, -0.05) is 0 Å². The van der Waals surface area contributed by atoms with Crippen LogP contribution in [0.15, 0.2) is 0 Å². The van der Waals surface area contributed by atoms with E-state index in [1.807, 2.05) is 9.86 Å². The van der Waals surface area contributed by atoms with E-state index < -0.39 is 20.2 Å². The van der Waals surface area contributed by atoms with Gasteiger partial charge in [-0.15, -0.1) is 0 Å². The summed E-state index contributed by atoms with van der Waals surface area (Å²) in [5.74, 6) is 0. The van der Waals surface area contributed by atoms with Crippen molar-refractivity contribution in [3.05, 3.63) is 0 Å². The first-order chi connectivity index (χ1) is 1.73. The predicted molar refractivity (Wildman–Crippen MR) is 28.1 cm³/mol. The molecule has 0 radical (unpaired) electrons. The molecular weight excluding hydrogens is 167 g/mol.